The predicted octanol–water partition coefficient (Wildman–Crippen LogP) is 2.51. The summed E-state index contributed by atoms with van der Waals surface area (Å²) in [5, 5.41) is 0. The number of rotatable bonds is 3. The second-order valence-electron chi connectivity index (χ2n) is 4.46. The number of likely N-dealkylation sites (tertiary alicyclic amines) is 1. The first-order chi connectivity index (χ1) is 7.18. The molecular weight excluding hydrogens is 206 g/mol. The molecule has 2 heterocycles. The molecule has 0 bridgehead atoms. The van der Waals surface area contributed by atoms with Crippen LogP contribution in [0.15, 0.2) is 6.20 Å². The Bertz CT molecular complexity index is 373. The van der Waals surface area contributed by atoms with Gasteiger partial charge >= 0.3 is 0 Å². The van der Waals surface area contributed by atoms with Gasteiger partial charge in [-0.25, -0.2) is 0 Å². The average Bonchev–Trinajstić information content (AvgIpc) is 2.77. The molecule has 0 saturated carbocycles. The van der Waals surface area contributed by atoms with E-state index in [1.54, 1.807) is 0 Å². The van der Waals surface area contributed by atoms with Crippen LogP contribution in [-0.4, -0.2) is 34.1 Å². The van der Waals surface area contributed by atoms with E-state index < -0.39 is 0 Å². The summed E-state index contributed by atoms with van der Waals surface area (Å²) in [7, 11) is 0. The molecule has 0 radical (unpaired) electrons. The van der Waals surface area contributed by atoms with Gasteiger partial charge in [0.1, 0.15) is 0 Å². The summed E-state index contributed by atoms with van der Waals surface area (Å²) >= 11 is 5.28. The average molecular weight is 225 g/mol. The predicted molar refractivity (Wildman–Crippen MR) is 64.7 cm³/mol. The molecule has 1 N–H and O–H groups in total. The molecule has 0 spiro atoms. The van der Waals surface area contributed by atoms with E-state index in [2.05, 4.69) is 28.3 Å². The zero-order valence-corrected chi connectivity index (χ0v) is 10.3. The molecule has 15 heavy (non-hydrogen) atoms. The summed E-state index contributed by atoms with van der Waals surface area (Å²) in [6.07, 6.45) is 4.69. The van der Waals surface area contributed by atoms with Crippen molar-refractivity contribution >= 4 is 12.2 Å². The SMILES string of the molecule is Cc1c[nH]c(=S)n1C(C)CN1CCCC1. The molecule has 3 nitrogen and oxygen atoms in total. The van der Waals surface area contributed by atoms with Gasteiger partial charge in [-0.1, -0.05) is 0 Å². The van der Waals surface area contributed by atoms with E-state index in [0.29, 0.717) is 6.04 Å². The zero-order valence-electron chi connectivity index (χ0n) is 9.49. The number of H-pyrrole nitrogens is 1. The maximum atomic E-state index is 5.28. The molecule has 1 aliphatic rings. The zero-order chi connectivity index (χ0) is 10.8. The largest absolute Gasteiger partial charge is 0.337 e. The van der Waals surface area contributed by atoms with Crippen molar-refractivity contribution in [2.24, 2.45) is 0 Å². The molecule has 1 aromatic heterocycles. The molecule has 1 fully saturated rings. The van der Waals surface area contributed by atoms with Crippen molar-refractivity contribution in [1.29, 1.82) is 0 Å². The van der Waals surface area contributed by atoms with Gasteiger partial charge in [0.25, 0.3) is 0 Å². The van der Waals surface area contributed by atoms with Crippen LogP contribution < -0.4 is 0 Å². The Morgan fingerprint density at radius 1 is 1.47 bits per heavy atom. The van der Waals surface area contributed by atoms with Crippen LogP contribution in [0, 0.1) is 11.7 Å². The Hall–Kier alpha value is -0.610. The third-order valence-electron chi connectivity index (χ3n) is 3.17. The third-order valence-corrected chi connectivity index (χ3v) is 3.48. The van der Waals surface area contributed by atoms with Gasteiger partial charge in [-0.05, 0) is 52.0 Å². The number of aromatic nitrogens is 2. The van der Waals surface area contributed by atoms with Crippen LogP contribution in [0.5, 0.6) is 0 Å². The number of nitrogens with zero attached hydrogens (tertiary/aromatic N) is 2. The van der Waals surface area contributed by atoms with Crippen molar-refractivity contribution in [1.82, 2.24) is 14.5 Å². The number of imidazole rings is 1. The Labute approximate surface area is 96.1 Å². The normalized spacial score (nSPS) is 19.6. The maximum Gasteiger partial charge on any atom is 0.177 e. The molecule has 1 atom stereocenters. The Morgan fingerprint density at radius 3 is 2.67 bits per heavy atom. The van der Waals surface area contributed by atoms with Gasteiger partial charge < -0.3 is 14.5 Å². The van der Waals surface area contributed by atoms with Crippen LogP contribution in [0.2, 0.25) is 0 Å². The third kappa shape index (κ3) is 2.32. The minimum absolute atomic E-state index is 0.474. The van der Waals surface area contributed by atoms with Gasteiger partial charge in [0.2, 0.25) is 0 Å². The second-order valence-corrected chi connectivity index (χ2v) is 4.85. The van der Waals surface area contributed by atoms with Crippen LogP contribution in [-0.2, 0) is 0 Å². The second kappa shape index (κ2) is 4.49. The summed E-state index contributed by atoms with van der Waals surface area (Å²) in [4.78, 5) is 5.63. The lowest BCUT2D eigenvalue weighted by atomic mass is 10.3. The number of aromatic amines is 1. The molecule has 0 amide bonds. The molecule has 1 saturated heterocycles. The van der Waals surface area contributed by atoms with E-state index in [9.17, 15) is 0 Å². The summed E-state index contributed by atoms with van der Waals surface area (Å²) in [5.74, 6) is 0. The van der Waals surface area contributed by atoms with E-state index in [4.69, 9.17) is 12.2 Å². The van der Waals surface area contributed by atoms with Crippen LogP contribution in [0.25, 0.3) is 0 Å². The summed E-state index contributed by atoms with van der Waals surface area (Å²) < 4.78 is 3.06. The molecule has 84 valence electrons. The van der Waals surface area contributed by atoms with Crippen LogP contribution in [0.3, 0.4) is 0 Å². The number of nitrogens with one attached hydrogen (secondary N) is 1. The summed E-state index contributed by atoms with van der Waals surface area (Å²) in [6.45, 7) is 7.97. The van der Waals surface area contributed by atoms with Crippen molar-refractivity contribution in [3.8, 4) is 0 Å². The Kier molecular flexibility index (Phi) is 3.26. The van der Waals surface area contributed by atoms with Gasteiger partial charge in [0.15, 0.2) is 4.77 Å². The summed E-state index contributed by atoms with van der Waals surface area (Å²) in [6, 6.07) is 0.474. The van der Waals surface area contributed by atoms with E-state index in [0.717, 1.165) is 11.3 Å². The van der Waals surface area contributed by atoms with Crippen LogP contribution >= 0.6 is 12.2 Å². The van der Waals surface area contributed by atoms with Gasteiger partial charge in [0, 0.05) is 24.5 Å². The molecule has 2 rings (SSSR count). The Balaban J connectivity index is 2.07. The minimum atomic E-state index is 0.474. The Morgan fingerprint density at radius 2 is 2.13 bits per heavy atom. The highest BCUT2D eigenvalue weighted by Gasteiger charge is 2.16. The van der Waals surface area contributed by atoms with E-state index in [1.165, 1.54) is 31.6 Å². The van der Waals surface area contributed by atoms with Gasteiger partial charge in [-0.3, -0.25) is 0 Å². The molecule has 1 aliphatic heterocycles. The number of hydrogen-bond donors (Lipinski definition) is 1. The lowest BCUT2D eigenvalue weighted by molar-refractivity contribution is 0.285. The fraction of sp³-hybridized carbons (Fsp3) is 0.727. The molecule has 1 unspecified atom stereocenters. The van der Waals surface area contributed by atoms with Gasteiger partial charge in [-0.2, -0.15) is 0 Å². The van der Waals surface area contributed by atoms with Crippen molar-refractivity contribution in [2.75, 3.05) is 19.6 Å². The van der Waals surface area contributed by atoms with Crippen molar-refractivity contribution < 1.29 is 0 Å². The van der Waals surface area contributed by atoms with E-state index >= 15 is 0 Å². The number of aryl methyl sites for hydroxylation is 1. The van der Waals surface area contributed by atoms with Crippen molar-refractivity contribution in [3.63, 3.8) is 0 Å². The fourth-order valence-electron chi connectivity index (χ4n) is 2.43. The molecule has 4 heteroatoms. The topological polar surface area (TPSA) is 24.0 Å². The molecular formula is C11H19N3S. The van der Waals surface area contributed by atoms with Crippen molar-refractivity contribution in [2.45, 2.75) is 32.7 Å². The standard InChI is InChI=1S/C11H19N3S/c1-9-7-12-11(15)14(9)10(2)8-13-5-3-4-6-13/h7,10H,3-6,8H2,1-2H3,(H,12,15). The molecule has 1 aromatic rings. The monoisotopic (exact) mass is 225 g/mol. The van der Waals surface area contributed by atoms with Crippen molar-refractivity contribution in [3.05, 3.63) is 16.7 Å². The van der Waals surface area contributed by atoms with Crippen LogP contribution in [0.4, 0.5) is 0 Å². The smallest absolute Gasteiger partial charge is 0.177 e. The molecule has 0 aromatic carbocycles. The first-order valence-electron chi connectivity index (χ1n) is 5.67. The van der Waals surface area contributed by atoms with E-state index in [-0.39, 0.29) is 0 Å². The van der Waals surface area contributed by atoms with Gasteiger partial charge in [-0.15, -0.1) is 0 Å². The highest BCUT2D eigenvalue weighted by Crippen LogP contribution is 2.15. The highest BCUT2D eigenvalue weighted by molar-refractivity contribution is 7.71. The number of hydrogen-bond acceptors (Lipinski definition) is 2. The summed E-state index contributed by atoms with van der Waals surface area (Å²) in [5.41, 5.74) is 1.23. The lowest BCUT2D eigenvalue weighted by Gasteiger charge is -2.22. The quantitative estimate of drug-likeness (QED) is 0.799. The molecule has 0 aliphatic carbocycles. The minimum Gasteiger partial charge on any atom is -0.337 e. The highest BCUT2D eigenvalue weighted by atomic mass is 32.1. The van der Waals surface area contributed by atoms with Crippen LogP contribution in [0.1, 0.15) is 31.5 Å². The van der Waals surface area contributed by atoms with Gasteiger partial charge in [0.05, 0.1) is 0 Å². The lowest BCUT2D eigenvalue weighted by Crippen LogP contribution is -2.27. The maximum absolute atomic E-state index is 5.28. The first-order valence-corrected chi connectivity index (χ1v) is 6.08. The first kappa shape index (κ1) is 10.9. The fourth-order valence-corrected chi connectivity index (χ4v) is 2.82. The van der Waals surface area contributed by atoms with E-state index in [1.807, 2.05) is 6.20 Å².